The number of benzene rings is 4. The first-order valence-corrected chi connectivity index (χ1v) is 11.6. The first-order valence-electron chi connectivity index (χ1n) is 11.1. The highest BCUT2D eigenvalue weighted by molar-refractivity contribution is 6.17. The summed E-state index contributed by atoms with van der Waals surface area (Å²) < 4.78 is 5.01. The lowest BCUT2D eigenvalue weighted by molar-refractivity contribution is -0.385. The summed E-state index contributed by atoms with van der Waals surface area (Å²) in [5.41, 5.74) is 7.99. The number of alkyl halides is 1. The van der Waals surface area contributed by atoms with Crippen molar-refractivity contribution in [3.63, 3.8) is 0 Å². The molecule has 0 bridgehead atoms. The lowest BCUT2D eigenvalue weighted by Crippen LogP contribution is -2.13. The van der Waals surface area contributed by atoms with Crippen molar-refractivity contribution in [3.8, 4) is 0 Å². The third kappa shape index (κ3) is 11.2. The van der Waals surface area contributed by atoms with Gasteiger partial charge in [0.25, 0.3) is 11.4 Å². The highest BCUT2D eigenvalue weighted by Gasteiger charge is 2.08. The molecule has 0 saturated carbocycles. The van der Waals surface area contributed by atoms with E-state index in [1.807, 2.05) is 60.7 Å². The Hall–Kier alpha value is -4.96. The number of hydrogen-bond acceptors (Lipinski definition) is 7. The Kier molecular flexibility index (Phi) is 12.3. The number of ether oxygens (including phenoxy) is 1. The van der Waals surface area contributed by atoms with Crippen molar-refractivity contribution in [1.29, 1.82) is 0 Å². The van der Waals surface area contributed by atoms with Crippen LogP contribution < -0.4 is 11.1 Å². The van der Waals surface area contributed by atoms with Crippen LogP contribution in [-0.2, 0) is 17.2 Å². The maximum absolute atomic E-state index is 11.6. The zero-order valence-corrected chi connectivity index (χ0v) is 20.9. The van der Waals surface area contributed by atoms with Crippen LogP contribution in [0.1, 0.15) is 11.1 Å². The SMILES string of the molecule is ClCc1ccccc1.Nc1cccc([N+](=O)[O-])c1.O=C(Nc1cccc([N+](=O)[O-])c1)OCc1ccccc1. The van der Waals surface area contributed by atoms with E-state index in [1.165, 1.54) is 35.9 Å². The van der Waals surface area contributed by atoms with Gasteiger partial charge in [-0.25, -0.2) is 4.79 Å². The molecule has 0 aliphatic rings. The Bertz CT molecular complexity index is 1320. The van der Waals surface area contributed by atoms with Crippen molar-refractivity contribution in [2.24, 2.45) is 0 Å². The highest BCUT2D eigenvalue weighted by atomic mass is 35.5. The number of nitro benzene ring substituents is 2. The van der Waals surface area contributed by atoms with Gasteiger partial charge in [0, 0.05) is 35.8 Å². The van der Waals surface area contributed by atoms with Crippen molar-refractivity contribution in [2.75, 3.05) is 11.1 Å². The number of anilines is 2. The average molecular weight is 537 g/mol. The second-order valence-electron chi connectivity index (χ2n) is 7.47. The Morgan fingerprint density at radius 2 is 1.29 bits per heavy atom. The third-order valence-corrected chi connectivity index (χ3v) is 4.90. The molecule has 38 heavy (non-hydrogen) atoms. The minimum atomic E-state index is -0.658. The third-order valence-electron chi connectivity index (χ3n) is 4.59. The summed E-state index contributed by atoms with van der Waals surface area (Å²) in [6, 6.07) is 30.7. The summed E-state index contributed by atoms with van der Waals surface area (Å²) >= 11 is 5.53. The topological polar surface area (TPSA) is 151 Å². The first kappa shape index (κ1) is 29.3. The van der Waals surface area contributed by atoms with Gasteiger partial charge in [-0.15, -0.1) is 11.6 Å². The van der Waals surface area contributed by atoms with E-state index in [0.29, 0.717) is 17.3 Å². The van der Waals surface area contributed by atoms with Crippen LogP contribution in [0.25, 0.3) is 0 Å². The number of nitro groups is 2. The molecule has 4 rings (SSSR count). The lowest BCUT2D eigenvalue weighted by Gasteiger charge is -2.06. The van der Waals surface area contributed by atoms with Crippen LogP contribution in [0.15, 0.2) is 109 Å². The monoisotopic (exact) mass is 536 g/mol. The molecule has 0 fully saturated rings. The maximum Gasteiger partial charge on any atom is 0.411 e. The molecule has 0 aliphatic carbocycles. The van der Waals surface area contributed by atoms with E-state index >= 15 is 0 Å². The number of carbonyl (C=O) groups is 1. The molecule has 0 radical (unpaired) electrons. The molecule has 196 valence electrons. The van der Waals surface area contributed by atoms with Gasteiger partial charge in [0.15, 0.2) is 0 Å². The van der Waals surface area contributed by atoms with Crippen molar-refractivity contribution in [2.45, 2.75) is 12.5 Å². The van der Waals surface area contributed by atoms with Gasteiger partial charge in [-0.05, 0) is 23.3 Å². The fourth-order valence-corrected chi connectivity index (χ4v) is 2.96. The average Bonchev–Trinajstić information content (AvgIpc) is 2.94. The van der Waals surface area contributed by atoms with E-state index in [0.717, 1.165) is 5.56 Å². The van der Waals surface area contributed by atoms with Crippen LogP contribution in [0.2, 0.25) is 0 Å². The van der Waals surface area contributed by atoms with Gasteiger partial charge in [-0.1, -0.05) is 72.8 Å². The smallest absolute Gasteiger partial charge is 0.411 e. The molecule has 11 heteroatoms. The van der Waals surface area contributed by atoms with E-state index in [9.17, 15) is 25.0 Å². The zero-order valence-electron chi connectivity index (χ0n) is 20.1. The highest BCUT2D eigenvalue weighted by Crippen LogP contribution is 2.17. The summed E-state index contributed by atoms with van der Waals surface area (Å²) in [5, 5.41) is 23.2. The molecule has 0 aromatic heterocycles. The molecule has 0 aliphatic heterocycles. The van der Waals surface area contributed by atoms with Crippen LogP contribution in [0.3, 0.4) is 0 Å². The Balaban J connectivity index is 0.000000233. The predicted molar refractivity (Wildman–Crippen MR) is 147 cm³/mol. The number of halogens is 1. The molecule has 1 amide bonds. The van der Waals surface area contributed by atoms with E-state index < -0.39 is 15.9 Å². The standard InChI is InChI=1S/C14H12N2O4.C7H7Cl.C6H6N2O2/c17-14(20-10-11-5-2-1-3-6-11)15-12-7-4-8-13(9-12)16(18)19;8-6-7-4-2-1-3-5-7;7-5-2-1-3-6(4-5)8(9)10/h1-9H,10H2,(H,15,17);1-5H,6H2;1-4H,7H2. The van der Waals surface area contributed by atoms with Gasteiger partial charge in [-0.3, -0.25) is 25.5 Å². The van der Waals surface area contributed by atoms with E-state index in [-0.39, 0.29) is 18.0 Å². The van der Waals surface area contributed by atoms with E-state index in [1.54, 1.807) is 18.2 Å². The summed E-state index contributed by atoms with van der Waals surface area (Å²) in [6.07, 6.45) is -0.658. The fraction of sp³-hybridized carbons (Fsp3) is 0.0741. The Morgan fingerprint density at radius 1 is 0.763 bits per heavy atom. The Morgan fingerprint density at radius 3 is 1.76 bits per heavy atom. The molecule has 10 nitrogen and oxygen atoms in total. The van der Waals surface area contributed by atoms with E-state index in [2.05, 4.69) is 5.32 Å². The van der Waals surface area contributed by atoms with Gasteiger partial charge >= 0.3 is 6.09 Å². The van der Waals surface area contributed by atoms with Crippen LogP contribution in [-0.4, -0.2) is 15.9 Å². The summed E-state index contributed by atoms with van der Waals surface area (Å²) in [4.78, 5) is 31.3. The van der Waals surface area contributed by atoms with Gasteiger partial charge in [-0.2, -0.15) is 0 Å². The predicted octanol–water partition coefficient (Wildman–Crippen LogP) is 6.95. The summed E-state index contributed by atoms with van der Waals surface area (Å²) in [7, 11) is 0. The van der Waals surface area contributed by atoms with Crippen molar-refractivity contribution < 1.29 is 19.4 Å². The molecule has 3 N–H and O–H groups in total. The molecule has 0 atom stereocenters. The number of nitrogen functional groups attached to an aromatic ring is 1. The molecule has 4 aromatic carbocycles. The van der Waals surface area contributed by atoms with Gasteiger partial charge in [0.2, 0.25) is 0 Å². The number of amides is 1. The molecule has 0 unspecified atom stereocenters. The quantitative estimate of drug-likeness (QED) is 0.117. The summed E-state index contributed by atoms with van der Waals surface area (Å²) in [5.74, 6) is 0.612. The number of rotatable bonds is 6. The largest absolute Gasteiger partial charge is 0.444 e. The minimum absolute atomic E-state index is 0.0278. The molecular formula is C27H25ClN4O6. The van der Waals surface area contributed by atoms with Crippen LogP contribution in [0.5, 0.6) is 0 Å². The van der Waals surface area contributed by atoms with Crippen LogP contribution >= 0.6 is 11.6 Å². The van der Waals surface area contributed by atoms with Gasteiger partial charge < -0.3 is 10.5 Å². The maximum atomic E-state index is 11.6. The number of hydrogen-bond donors (Lipinski definition) is 2. The van der Waals surface area contributed by atoms with Gasteiger partial charge in [0.1, 0.15) is 6.61 Å². The zero-order chi connectivity index (χ0) is 27.8. The molecule has 4 aromatic rings. The van der Waals surface area contributed by atoms with E-state index in [4.69, 9.17) is 22.1 Å². The fourth-order valence-electron chi connectivity index (χ4n) is 2.78. The van der Waals surface area contributed by atoms with Crippen molar-refractivity contribution in [1.82, 2.24) is 0 Å². The number of nitrogens with zero attached hydrogens (tertiary/aromatic N) is 2. The Labute approximate surface area is 223 Å². The first-order chi connectivity index (χ1) is 18.3. The second-order valence-corrected chi connectivity index (χ2v) is 7.73. The van der Waals surface area contributed by atoms with Gasteiger partial charge in [0.05, 0.1) is 15.5 Å². The lowest BCUT2D eigenvalue weighted by atomic mass is 10.2. The summed E-state index contributed by atoms with van der Waals surface area (Å²) in [6.45, 7) is 0.140. The molecule has 0 spiro atoms. The number of nitrogens with two attached hydrogens (primary N) is 1. The van der Waals surface area contributed by atoms with Crippen molar-refractivity contribution in [3.05, 3.63) is 141 Å². The number of nitrogens with one attached hydrogen (secondary N) is 1. The van der Waals surface area contributed by atoms with Crippen LogP contribution in [0.4, 0.5) is 27.5 Å². The molecule has 0 saturated heterocycles. The molecular weight excluding hydrogens is 512 g/mol. The van der Waals surface area contributed by atoms with Crippen molar-refractivity contribution >= 4 is 40.4 Å². The second kappa shape index (κ2) is 15.9. The number of non-ortho nitro benzene ring substituents is 2. The minimum Gasteiger partial charge on any atom is -0.444 e. The normalized spacial score (nSPS) is 9.50. The molecule has 0 heterocycles. The number of carbonyl (C=O) groups excluding carboxylic acids is 1. The van der Waals surface area contributed by atoms with Crippen LogP contribution in [0, 0.1) is 20.2 Å².